The van der Waals surface area contributed by atoms with Crippen LogP contribution in [0.2, 0.25) is 10.0 Å². The summed E-state index contributed by atoms with van der Waals surface area (Å²) in [6.45, 7) is 0. The highest BCUT2D eigenvalue weighted by atomic mass is 35.5. The van der Waals surface area contributed by atoms with Crippen molar-refractivity contribution in [2.75, 3.05) is 5.32 Å². The quantitative estimate of drug-likeness (QED) is 0.484. The van der Waals surface area contributed by atoms with Crippen LogP contribution in [0.1, 0.15) is 11.1 Å². The number of nitrogens with zero attached hydrogens (tertiary/aromatic N) is 2. The van der Waals surface area contributed by atoms with Crippen molar-refractivity contribution in [1.29, 1.82) is 0 Å². The first-order valence-corrected chi connectivity index (χ1v) is 7.49. The number of hydrogen-bond acceptors (Lipinski definition) is 5. The molecule has 25 heavy (non-hydrogen) atoms. The minimum Gasteiger partial charge on any atom is -0.321 e. The van der Waals surface area contributed by atoms with Gasteiger partial charge in [0.1, 0.15) is 10.0 Å². The largest absolute Gasteiger partial charge is 0.321 e. The zero-order chi connectivity index (χ0) is 18.3. The van der Waals surface area contributed by atoms with Crippen LogP contribution >= 0.6 is 23.2 Å². The summed E-state index contributed by atoms with van der Waals surface area (Å²) in [7, 11) is 0. The summed E-state index contributed by atoms with van der Waals surface area (Å²) in [5.41, 5.74) is 0.453. The Morgan fingerprint density at radius 1 is 0.960 bits per heavy atom. The van der Waals surface area contributed by atoms with Crippen LogP contribution in [0.3, 0.4) is 0 Å². The molecule has 1 aliphatic heterocycles. The number of nitro groups is 2. The number of nitrogens with one attached hydrogen (secondary N) is 1. The molecule has 0 spiro atoms. The third-order valence-electron chi connectivity index (χ3n) is 3.54. The maximum atomic E-state index is 12.2. The summed E-state index contributed by atoms with van der Waals surface area (Å²) in [5, 5.41) is 24.4. The number of nitro benzene ring substituents is 2. The Kier molecular flexibility index (Phi) is 4.15. The fraction of sp³-hybridized carbons (Fsp3) is 0. The standard InChI is InChI=1S/C15H7Cl2N3O5/c16-10-2-1-7(4-13(10)19(22)23)3-9-8-5-14(20(24)25)11(17)6-12(8)18-15(9)21/h1-6H,(H,18,21)/b9-3+. The monoisotopic (exact) mass is 379 g/mol. The summed E-state index contributed by atoms with van der Waals surface area (Å²) in [6, 6.07) is 6.52. The van der Waals surface area contributed by atoms with Gasteiger partial charge < -0.3 is 5.32 Å². The Bertz CT molecular complexity index is 987. The molecular weight excluding hydrogens is 373 g/mol. The third kappa shape index (κ3) is 3.04. The van der Waals surface area contributed by atoms with Crippen LogP contribution in [-0.2, 0) is 4.79 Å². The Morgan fingerprint density at radius 3 is 2.24 bits per heavy atom. The maximum Gasteiger partial charge on any atom is 0.288 e. The molecule has 0 aromatic heterocycles. The van der Waals surface area contributed by atoms with Gasteiger partial charge in [-0.25, -0.2) is 0 Å². The summed E-state index contributed by atoms with van der Waals surface area (Å²) in [5.74, 6) is -0.496. The van der Waals surface area contributed by atoms with Crippen molar-refractivity contribution in [3.05, 3.63) is 71.7 Å². The highest BCUT2D eigenvalue weighted by Gasteiger charge is 2.28. The van der Waals surface area contributed by atoms with E-state index in [9.17, 15) is 25.0 Å². The number of fused-ring (bicyclic) bond motifs is 1. The van der Waals surface area contributed by atoms with Crippen molar-refractivity contribution in [2.45, 2.75) is 0 Å². The number of hydrogen-bond donors (Lipinski definition) is 1. The minimum absolute atomic E-state index is 0.0363. The maximum absolute atomic E-state index is 12.2. The molecule has 126 valence electrons. The summed E-state index contributed by atoms with van der Waals surface area (Å²) >= 11 is 11.6. The number of anilines is 1. The van der Waals surface area contributed by atoms with Crippen LogP contribution in [0.15, 0.2) is 30.3 Å². The topological polar surface area (TPSA) is 115 Å². The number of halogens is 2. The molecule has 8 nitrogen and oxygen atoms in total. The molecule has 2 aromatic carbocycles. The van der Waals surface area contributed by atoms with Gasteiger partial charge in [-0.3, -0.25) is 25.0 Å². The molecule has 0 fully saturated rings. The predicted octanol–water partition coefficient (Wildman–Crippen LogP) is 4.30. The highest BCUT2D eigenvalue weighted by molar-refractivity contribution is 6.37. The lowest BCUT2D eigenvalue weighted by Gasteiger charge is -2.02. The molecule has 1 amide bonds. The van der Waals surface area contributed by atoms with E-state index in [1.807, 2.05) is 0 Å². The van der Waals surface area contributed by atoms with Gasteiger partial charge >= 0.3 is 0 Å². The predicted molar refractivity (Wildman–Crippen MR) is 92.7 cm³/mol. The van der Waals surface area contributed by atoms with Gasteiger partial charge in [0.2, 0.25) is 0 Å². The van der Waals surface area contributed by atoms with Gasteiger partial charge in [-0.15, -0.1) is 0 Å². The van der Waals surface area contributed by atoms with Gasteiger partial charge in [-0.05, 0) is 23.8 Å². The normalized spacial score (nSPS) is 14.3. The fourth-order valence-electron chi connectivity index (χ4n) is 2.41. The van der Waals surface area contributed by atoms with Crippen LogP contribution in [0.25, 0.3) is 11.6 Å². The number of rotatable bonds is 3. The number of benzene rings is 2. The Hall–Kier alpha value is -2.97. The lowest BCUT2D eigenvalue weighted by atomic mass is 10.0. The lowest BCUT2D eigenvalue weighted by Crippen LogP contribution is -2.03. The number of amides is 1. The zero-order valence-electron chi connectivity index (χ0n) is 12.2. The highest BCUT2D eigenvalue weighted by Crippen LogP contribution is 2.40. The summed E-state index contributed by atoms with van der Waals surface area (Å²) < 4.78 is 0. The van der Waals surface area contributed by atoms with Crippen molar-refractivity contribution in [2.24, 2.45) is 0 Å². The smallest absolute Gasteiger partial charge is 0.288 e. The van der Waals surface area contributed by atoms with Gasteiger partial charge in [-0.1, -0.05) is 29.3 Å². The molecule has 0 saturated heterocycles. The van der Waals surface area contributed by atoms with E-state index < -0.39 is 15.8 Å². The van der Waals surface area contributed by atoms with E-state index in [4.69, 9.17) is 23.2 Å². The molecule has 0 aliphatic carbocycles. The summed E-state index contributed by atoms with van der Waals surface area (Å²) in [4.78, 5) is 32.9. The number of carbonyl (C=O) groups excluding carboxylic acids is 1. The third-order valence-corrected chi connectivity index (χ3v) is 4.17. The molecule has 2 aromatic rings. The van der Waals surface area contributed by atoms with E-state index in [1.165, 1.54) is 36.4 Å². The molecule has 10 heteroatoms. The van der Waals surface area contributed by atoms with Crippen LogP contribution in [-0.4, -0.2) is 15.8 Å². The second-order valence-corrected chi connectivity index (χ2v) is 5.90. The molecular formula is C15H7Cl2N3O5. The first-order chi connectivity index (χ1) is 11.8. The average Bonchev–Trinajstić information content (AvgIpc) is 2.82. The van der Waals surface area contributed by atoms with Crippen LogP contribution in [0.5, 0.6) is 0 Å². The molecule has 1 N–H and O–H groups in total. The first kappa shape index (κ1) is 16.9. The summed E-state index contributed by atoms with van der Waals surface area (Å²) in [6.07, 6.45) is 1.39. The van der Waals surface area contributed by atoms with E-state index in [2.05, 4.69) is 5.32 Å². The van der Waals surface area contributed by atoms with E-state index in [0.717, 1.165) is 0 Å². The van der Waals surface area contributed by atoms with E-state index in [-0.39, 0.29) is 27.0 Å². The van der Waals surface area contributed by atoms with Crippen molar-refractivity contribution < 1.29 is 14.6 Å². The van der Waals surface area contributed by atoms with Crippen molar-refractivity contribution >= 4 is 57.8 Å². The molecule has 0 saturated carbocycles. The molecule has 0 atom stereocenters. The Morgan fingerprint density at radius 2 is 1.60 bits per heavy atom. The van der Waals surface area contributed by atoms with Gasteiger partial charge in [0.15, 0.2) is 0 Å². The Labute approximate surface area is 150 Å². The van der Waals surface area contributed by atoms with E-state index in [1.54, 1.807) is 0 Å². The van der Waals surface area contributed by atoms with E-state index >= 15 is 0 Å². The van der Waals surface area contributed by atoms with Crippen LogP contribution < -0.4 is 5.32 Å². The van der Waals surface area contributed by atoms with Crippen LogP contribution in [0.4, 0.5) is 17.1 Å². The van der Waals surface area contributed by atoms with Gasteiger partial charge in [0, 0.05) is 23.3 Å². The number of carbonyl (C=O) groups is 1. The van der Waals surface area contributed by atoms with Crippen molar-refractivity contribution in [1.82, 2.24) is 0 Å². The molecule has 0 radical (unpaired) electrons. The average molecular weight is 380 g/mol. The van der Waals surface area contributed by atoms with Crippen molar-refractivity contribution in [3.63, 3.8) is 0 Å². The van der Waals surface area contributed by atoms with Gasteiger partial charge in [0.05, 0.1) is 15.5 Å². The second kappa shape index (κ2) is 6.15. The van der Waals surface area contributed by atoms with E-state index in [0.29, 0.717) is 16.8 Å². The molecule has 1 heterocycles. The first-order valence-electron chi connectivity index (χ1n) is 6.73. The fourth-order valence-corrected chi connectivity index (χ4v) is 2.83. The van der Waals surface area contributed by atoms with Crippen LogP contribution in [0, 0.1) is 20.2 Å². The molecule has 0 unspecified atom stereocenters. The SMILES string of the molecule is O=C1Nc2cc(Cl)c([N+](=O)[O-])cc2/C1=C\c1ccc(Cl)c([N+](=O)[O-])c1. The molecule has 1 aliphatic rings. The van der Waals surface area contributed by atoms with Gasteiger partial charge in [-0.2, -0.15) is 0 Å². The lowest BCUT2D eigenvalue weighted by molar-refractivity contribution is -0.384. The Balaban J connectivity index is 2.14. The minimum atomic E-state index is -0.657. The zero-order valence-corrected chi connectivity index (χ0v) is 13.7. The molecule has 3 rings (SSSR count). The second-order valence-electron chi connectivity index (χ2n) is 5.09. The van der Waals surface area contributed by atoms with Crippen molar-refractivity contribution in [3.8, 4) is 0 Å². The van der Waals surface area contributed by atoms with Gasteiger partial charge in [0.25, 0.3) is 17.3 Å². The molecule has 0 bridgehead atoms.